The minimum atomic E-state index is -1.09. The third-order valence-corrected chi connectivity index (χ3v) is 7.38. The molecule has 0 aliphatic rings. The van der Waals surface area contributed by atoms with Crippen LogP contribution in [0.3, 0.4) is 0 Å². The van der Waals surface area contributed by atoms with Crippen molar-refractivity contribution in [2.45, 2.75) is 33.4 Å². The highest BCUT2D eigenvalue weighted by Crippen LogP contribution is 2.38. The number of imidazole rings is 1. The quantitative estimate of drug-likeness (QED) is 0.188. The summed E-state index contributed by atoms with van der Waals surface area (Å²) in [6, 6.07) is 16.3. The molecule has 11 heteroatoms. The second kappa shape index (κ2) is 14.2. The Balaban J connectivity index is 1.82. The van der Waals surface area contributed by atoms with E-state index in [1.807, 2.05) is 34.9 Å². The van der Waals surface area contributed by atoms with Gasteiger partial charge in [-0.3, -0.25) is 4.79 Å². The Morgan fingerprint density at radius 3 is 2.35 bits per heavy atom. The maximum atomic E-state index is 14.1. The van der Waals surface area contributed by atoms with Crippen molar-refractivity contribution in [3.63, 3.8) is 0 Å². The highest BCUT2D eigenvalue weighted by Gasteiger charge is 2.26. The predicted octanol–water partition coefficient (Wildman–Crippen LogP) is 5.92. The van der Waals surface area contributed by atoms with Crippen LogP contribution in [-0.2, 0) is 17.9 Å². The lowest BCUT2D eigenvalue weighted by Gasteiger charge is -2.25. The Morgan fingerprint density at radius 2 is 1.67 bits per heavy atom. The van der Waals surface area contributed by atoms with E-state index in [4.69, 9.17) is 35.5 Å². The van der Waals surface area contributed by atoms with E-state index in [-0.39, 0.29) is 28.8 Å². The molecule has 3 aromatic carbocycles. The summed E-state index contributed by atoms with van der Waals surface area (Å²) in [6.45, 7) is 4.66. The van der Waals surface area contributed by atoms with E-state index >= 15 is 0 Å². The molecule has 1 N–H and O–H groups in total. The molecule has 0 aliphatic heterocycles. The van der Waals surface area contributed by atoms with Gasteiger partial charge in [-0.1, -0.05) is 49.7 Å². The number of methoxy groups -OCH3 is 3. The first-order valence-electron chi connectivity index (χ1n) is 13.8. The van der Waals surface area contributed by atoms with E-state index in [2.05, 4.69) is 13.8 Å². The standard InChI is InChI=1S/C32H36ClN3O7/c1-20(2)15-16-35(32(39)22-13-14-26(41-4)31(42-5)29(22)33)18-27-34-30-23(10-8-12-25(30)43-19-28(37)38)36(27)17-21-9-6-7-11-24(21)40-3/h6-14,20H,15-19H2,1-5H3,(H,37,38). The highest BCUT2D eigenvalue weighted by atomic mass is 35.5. The van der Waals surface area contributed by atoms with E-state index in [0.717, 1.165) is 17.5 Å². The molecular weight excluding hydrogens is 574 g/mol. The maximum Gasteiger partial charge on any atom is 0.341 e. The number of nitrogens with zero attached hydrogens (tertiary/aromatic N) is 3. The second-order valence-corrected chi connectivity index (χ2v) is 10.7. The van der Waals surface area contributed by atoms with Crippen molar-refractivity contribution >= 4 is 34.5 Å². The number of para-hydroxylation sites is 2. The average molecular weight is 610 g/mol. The van der Waals surface area contributed by atoms with Gasteiger partial charge in [0.1, 0.15) is 22.8 Å². The normalized spacial score (nSPS) is 11.0. The number of benzene rings is 3. The van der Waals surface area contributed by atoms with Gasteiger partial charge in [0.2, 0.25) is 0 Å². The van der Waals surface area contributed by atoms with Gasteiger partial charge in [-0.15, -0.1) is 0 Å². The van der Waals surface area contributed by atoms with Crippen LogP contribution in [-0.4, -0.2) is 65.9 Å². The number of hydrogen-bond donors (Lipinski definition) is 1. The zero-order chi connectivity index (χ0) is 31.1. The molecule has 0 fully saturated rings. The molecule has 0 bridgehead atoms. The van der Waals surface area contributed by atoms with Gasteiger partial charge in [-0.2, -0.15) is 0 Å². The van der Waals surface area contributed by atoms with Crippen LogP contribution in [0.15, 0.2) is 54.6 Å². The first kappa shape index (κ1) is 31.5. The Kier molecular flexibility index (Phi) is 10.4. The van der Waals surface area contributed by atoms with E-state index in [1.165, 1.54) is 14.2 Å². The molecule has 0 aliphatic carbocycles. The summed E-state index contributed by atoms with van der Waals surface area (Å²) in [5.74, 6) is 1.28. The number of fused-ring (bicyclic) bond motifs is 1. The summed E-state index contributed by atoms with van der Waals surface area (Å²) < 4.78 is 24.0. The highest BCUT2D eigenvalue weighted by molar-refractivity contribution is 6.35. The number of carboxylic acids is 1. The number of halogens is 1. The molecule has 43 heavy (non-hydrogen) atoms. The molecule has 228 valence electrons. The van der Waals surface area contributed by atoms with Crippen LogP contribution in [0.1, 0.15) is 42.0 Å². The molecule has 4 aromatic rings. The van der Waals surface area contributed by atoms with Gasteiger partial charge in [-0.25, -0.2) is 9.78 Å². The monoisotopic (exact) mass is 609 g/mol. The lowest BCUT2D eigenvalue weighted by Crippen LogP contribution is -2.33. The summed E-state index contributed by atoms with van der Waals surface area (Å²) >= 11 is 6.66. The molecular formula is C32H36ClN3O7. The van der Waals surface area contributed by atoms with E-state index in [0.29, 0.717) is 47.6 Å². The fraction of sp³-hybridized carbons (Fsp3) is 0.344. The molecule has 0 atom stereocenters. The second-order valence-electron chi connectivity index (χ2n) is 10.3. The predicted molar refractivity (Wildman–Crippen MR) is 164 cm³/mol. The molecule has 0 radical (unpaired) electrons. The minimum Gasteiger partial charge on any atom is -0.496 e. The number of carboxylic acid groups (broad SMARTS) is 1. The molecule has 4 rings (SSSR count). The molecule has 1 aromatic heterocycles. The van der Waals surface area contributed by atoms with E-state index in [9.17, 15) is 14.7 Å². The lowest BCUT2D eigenvalue weighted by molar-refractivity contribution is -0.139. The number of aliphatic carboxylic acids is 1. The Labute approximate surface area is 255 Å². The molecule has 1 amide bonds. The van der Waals surface area contributed by atoms with Gasteiger partial charge in [0.15, 0.2) is 18.1 Å². The Bertz CT molecular complexity index is 1600. The molecule has 0 saturated heterocycles. The Morgan fingerprint density at radius 1 is 0.953 bits per heavy atom. The molecule has 0 saturated carbocycles. The van der Waals surface area contributed by atoms with Gasteiger partial charge < -0.3 is 33.5 Å². The van der Waals surface area contributed by atoms with Crippen molar-refractivity contribution in [2.75, 3.05) is 34.5 Å². The zero-order valence-electron chi connectivity index (χ0n) is 24.9. The van der Waals surface area contributed by atoms with Crippen LogP contribution < -0.4 is 18.9 Å². The average Bonchev–Trinajstić information content (AvgIpc) is 3.34. The van der Waals surface area contributed by atoms with Crippen molar-refractivity contribution in [1.29, 1.82) is 0 Å². The number of amides is 1. The third-order valence-electron chi connectivity index (χ3n) is 7.00. The summed E-state index contributed by atoms with van der Waals surface area (Å²) in [5.41, 5.74) is 2.41. The van der Waals surface area contributed by atoms with Gasteiger partial charge >= 0.3 is 5.97 Å². The van der Waals surface area contributed by atoms with Crippen molar-refractivity contribution in [2.24, 2.45) is 5.92 Å². The van der Waals surface area contributed by atoms with Crippen molar-refractivity contribution in [1.82, 2.24) is 14.5 Å². The zero-order valence-corrected chi connectivity index (χ0v) is 25.7. The van der Waals surface area contributed by atoms with Crippen LogP contribution in [0.5, 0.6) is 23.0 Å². The Hall–Kier alpha value is -4.44. The van der Waals surface area contributed by atoms with Crippen LogP contribution in [0.2, 0.25) is 5.02 Å². The van der Waals surface area contributed by atoms with Crippen molar-refractivity contribution < 1.29 is 33.6 Å². The van der Waals surface area contributed by atoms with Gasteiger partial charge in [-0.05, 0) is 42.7 Å². The number of hydrogen-bond acceptors (Lipinski definition) is 7. The summed E-state index contributed by atoms with van der Waals surface area (Å²) in [4.78, 5) is 31.9. The lowest BCUT2D eigenvalue weighted by atomic mass is 10.1. The number of ether oxygens (including phenoxy) is 4. The fourth-order valence-electron chi connectivity index (χ4n) is 4.79. The van der Waals surface area contributed by atoms with Gasteiger partial charge in [0.05, 0.1) is 50.5 Å². The van der Waals surface area contributed by atoms with Crippen LogP contribution in [0, 0.1) is 5.92 Å². The van der Waals surface area contributed by atoms with Crippen molar-refractivity contribution in [3.8, 4) is 23.0 Å². The summed E-state index contributed by atoms with van der Waals surface area (Å²) in [7, 11) is 4.59. The SMILES string of the molecule is COc1ccccc1Cn1c(CN(CCC(C)C)C(=O)c2ccc(OC)c(OC)c2Cl)nc2c(OCC(=O)O)cccc21. The van der Waals surface area contributed by atoms with Gasteiger partial charge in [0, 0.05) is 12.1 Å². The first-order chi connectivity index (χ1) is 20.7. The number of rotatable bonds is 14. The van der Waals surface area contributed by atoms with Crippen LogP contribution in [0.25, 0.3) is 11.0 Å². The number of carbonyl (C=O) groups excluding carboxylic acids is 1. The molecule has 1 heterocycles. The van der Waals surface area contributed by atoms with Crippen LogP contribution >= 0.6 is 11.6 Å². The minimum absolute atomic E-state index is 0.151. The fourth-order valence-corrected chi connectivity index (χ4v) is 5.10. The molecule has 0 unspecified atom stereocenters. The summed E-state index contributed by atoms with van der Waals surface area (Å²) in [6.07, 6.45) is 0.746. The van der Waals surface area contributed by atoms with Gasteiger partial charge in [0.25, 0.3) is 5.91 Å². The number of aromatic nitrogens is 2. The summed E-state index contributed by atoms with van der Waals surface area (Å²) in [5, 5.41) is 9.37. The molecule has 10 nitrogen and oxygen atoms in total. The topological polar surface area (TPSA) is 112 Å². The molecule has 0 spiro atoms. The maximum absolute atomic E-state index is 14.1. The van der Waals surface area contributed by atoms with E-state index < -0.39 is 12.6 Å². The van der Waals surface area contributed by atoms with Crippen LogP contribution in [0.4, 0.5) is 0 Å². The third kappa shape index (κ3) is 7.14. The van der Waals surface area contributed by atoms with Crippen molar-refractivity contribution in [3.05, 3.63) is 76.6 Å². The smallest absolute Gasteiger partial charge is 0.341 e. The van der Waals surface area contributed by atoms with E-state index in [1.54, 1.807) is 36.3 Å². The first-order valence-corrected chi connectivity index (χ1v) is 14.2. The number of carbonyl (C=O) groups is 2. The largest absolute Gasteiger partial charge is 0.496 e.